The quantitative estimate of drug-likeness (QED) is 0.336. The van der Waals surface area contributed by atoms with E-state index in [4.69, 9.17) is 23.7 Å². The van der Waals surface area contributed by atoms with Gasteiger partial charge in [0.2, 0.25) is 0 Å². The lowest BCUT2D eigenvalue weighted by atomic mass is 9.72. The average Bonchev–Trinajstić information content (AvgIpc) is 2.95. The molecule has 2 aromatic carbocycles. The monoisotopic (exact) mass is 595 g/mol. The predicted octanol–water partition coefficient (Wildman–Crippen LogP) is 6.78. The van der Waals surface area contributed by atoms with Crippen molar-refractivity contribution in [3.8, 4) is 17.2 Å². The van der Waals surface area contributed by atoms with Crippen molar-refractivity contribution in [3.05, 3.63) is 82.1 Å². The Kier molecular flexibility index (Phi) is 7.80. The lowest BCUT2D eigenvalue weighted by Crippen LogP contribution is -2.40. The van der Waals surface area contributed by atoms with Crippen molar-refractivity contribution in [2.45, 2.75) is 75.7 Å². The van der Waals surface area contributed by atoms with Crippen LogP contribution in [0.4, 0.5) is 0 Å². The molecule has 4 heterocycles. The Balaban J connectivity index is 1.37. The summed E-state index contributed by atoms with van der Waals surface area (Å²) in [6, 6.07) is 17.3. The molecular formula is C31H34BrNO6. The second-order valence-electron chi connectivity index (χ2n) is 10.6. The smallest absolute Gasteiger partial charge is 0.199 e. The van der Waals surface area contributed by atoms with Gasteiger partial charge in [0.25, 0.3) is 0 Å². The van der Waals surface area contributed by atoms with Gasteiger partial charge in [-0.05, 0) is 96.6 Å². The Labute approximate surface area is 237 Å². The SMILES string of the molecule is CC1(O)c2cc(OC3CCCCO3)ccc2OC(c2ccc(Br)cn2)C1c1cccc(OC2CCCCO2)c1. The summed E-state index contributed by atoms with van der Waals surface area (Å²) in [5.41, 5.74) is 0.971. The Morgan fingerprint density at radius 3 is 2.26 bits per heavy atom. The van der Waals surface area contributed by atoms with Crippen LogP contribution in [0, 0.1) is 0 Å². The van der Waals surface area contributed by atoms with Crippen molar-refractivity contribution in [1.82, 2.24) is 4.98 Å². The number of nitrogens with zero attached hydrogens (tertiary/aromatic N) is 1. The third-order valence-corrected chi connectivity index (χ3v) is 8.20. The minimum Gasteiger partial charge on any atom is -0.483 e. The van der Waals surface area contributed by atoms with Crippen LogP contribution in [0.2, 0.25) is 0 Å². The van der Waals surface area contributed by atoms with Gasteiger partial charge in [-0.1, -0.05) is 12.1 Å². The summed E-state index contributed by atoms with van der Waals surface area (Å²) in [6.07, 6.45) is 6.65. The third-order valence-electron chi connectivity index (χ3n) is 7.73. The van der Waals surface area contributed by atoms with Crippen LogP contribution < -0.4 is 14.2 Å². The van der Waals surface area contributed by atoms with E-state index >= 15 is 0 Å². The third kappa shape index (κ3) is 5.80. The van der Waals surface area contributed by atoms with E-state index < -0.39 is 17.6 Å². The molecule has 206 valence electrons. The van der Waals surface area contributed by atoms with E-state index in [1.54, 1.807) is 6.20 Å². The largest absolute Gasteiger partial charge is 0.483 e. The van der Waals surface area contributed by atoms with E-state index in [0.717, 1.165) is 54.3 Å². The summed E-state index contributed by atoms with van der Waals surface area (Å²) in [5, 5.41) is 12.3. The van der Waals surface area contributed by atoms with Gasteiger partial charge < -0.3 is 28.8 Å². The first-order valence-electron chi connectivity index (χ1n) is 13.8. The highest BCUT2D eigenvalue weighted by Gasteiger charge is 2.48. The maximum absolute atomic E-state index is 12.3. The fourth-order valence-electron chi connectivity index (χ4n) is 5.73. The minimum atomic E-state index is -1.31. The molecule has 3 aliphatic heterocycles. The second kappa shape index (κ2) is 11.5. The first-order chi connectivity index (χ1) is 19.0. The van der Waals surface area contributed by atoms with Gasteiger partial charge in [-0.15, -0.1) is 0 Å². The number of aliphatic hydroxyl groups is 1. The highest BCUT2D eigenvalue weighted by Crippen LogP contribution is 2.54. The summed E-state index contributed by atoms with van der Waals surface area (Å²) in [6.45, 7) is 3.24. The zero-order valence-corrected chi connectivity index (χ0v) is 23.6. The van der Waals surface area contributed by atoms with Crippen LogP contribution in [0.15, 0.2) is 65.3 Å². The standard InChI is InChI=1S/C31H34BrNO6/c1-31(34)24-18-23(38-28-10-3-5-16-36-28)12-14-26(24)39-30(25-13-11-21(32)19-33-25)29(31)20-7-6-8-22(17-20)37-27-9-2-4-15-35-27/h6-8,11-14,17-19,27-30,34H,2-5,9-10,15-16H2,1H3. The topological polar surface area (TPSA) is 79.3 Å². The van der Waals surface area contributed by atoms with Gasteiger partial charge >= 0.3 is 0 Å². The molecule has 0 amide bonds. The zero-order chi connectivity index (χ0) is 26.8. The van der Waals surface area contributed by atoms with Crippen molar-refractivity contribution in [1.29, 1.82) is 0 Å². The molecule has 2 saturated heterocycles. The molecular weight excluding hydrogens is 562 g/mol. The van der Waals surface area contributed by atoms with Gasteiger partial charge in [-0.25, -0.2) is 0 Å². The fraction of sp³-hybridized carbons (Fsp3) is 0.452. The average molecular weight is 597 g/mol. The van der Waals surface area contributed by atoms with Crippen LogP contribution in [-0.2, 0) is 15.1 Å². The van der Waals surface area contributed by atoms with Crippen LogP contribution in [0.1, 0.15) is 74.3 Å². The lowest BCUT2D eigenvalue weighted by Gasteiger charge is -2.44. The number of hydrogen-bond donors (Lipinski definition) is 1. The van der Waals surface area contributed by atoms with Crippen molar-refractivity contribution in [3.63, 3.8) is 0 Å². The normalized spacial score (nSPS) is 28.7. The van der Waals surface area contributed by atoms with Gasteiger partial charge in [0.15, 0.2) is 18.7 Å². The lowest BCUT2D eigenvalue weighted by molar-refractivity contribution is -0.106. The Morgan fingerprint density at radius 2 is 1.62 bits per heavy atom. The van der Waals surface area contributed by atoms with Crippen LogP contribution in [0.25, 0.3) is 0 Å². The molecule has 5 atom stereocenters. The van der Waals surface area contributed by atoms with Gasteiger partial charge in [0.1, 0.15) is 22.8 Å². The van der Waals surface area contributed by atoms with E-state index in [1.807, 2.05) is 61.5 Å². The van der Waals surface area contributed by atoms with Crippen LogP contribution in [-0.4, -0.2) is 35.9 Å². The fourth-order valence-corrected chi connectivity index (χ4v) is 5.96. The molecule has 2 fully saturated rings. The van der Waals surface area contributed by atoms with Crippen LogP contribution in [0.3, 0.4) is 0 Å². The number of fused-ring (bicyclic) bond motifs is 1. The number of rotatable bonds is 6. The summed E-state index contributed by atoms with van der Waals surface area (Å²) in [4.78, 5) is 4.65. The molecule has 0 bridgehead atoms. The minimum absolute atomic E-state index is 0.261. The van der Waals surface area contributed by atoms with Crippen molar-refractivity contribution in [2.75, 3.05) is 13.2 Å². The first kappa shape index (κ1) is 26.6. The number of benzene rings is 2. The molecule has 39 heavy (non-hydrogen) atoms. The molecule has 6 rings (SSSR count). The maximum Gasteiger partial charge on any atom is 0.199 e. The van der Waals surface area contributed by atoms with Crippen molar-refractivity contribution >= 4 is 15.9 Å². The first-order valence-corrected chi connectivity index (χ1v) is 14.6. The number of hydrogen-bond acceptors (Lipinski definition) is 7. The molecule has 5 unspecified atom stereocenters. The van der Waals surface area contributed by atoms with Crippen LogP contribution >= 0.6 is 15.9 Å². The summed E-state index contributed by atoms with van der Waals surface area (Å²) < 4.78 is 31.4. The van der Waals surface area contributed by atoms with Gasteiger partial charge in [0, 0.05) is 29.1 Å². The molecule has 0 saturated carbocycles. The van der Waals surface area contributed by atoms with Crippen molar-refractivity contribution < 1.29 is 28.8 Å². The molecule has 3 aromatic rings. The molecule has 0 radical (unpaired) electrons. The Hall–Kier alpha value is -2.65. The zero-order valence-electron chi connectivity index (χ0n) is 22.1. The molecule has 1 aromatic heterocycles. The molecule has 0 aliphatic carbocycles. The Bertz CT molecular complexity index is 1270. The number of aromatic nitrogens is 1. The molecule has 1 N–H and O–H groups in total. The van der Waals surface area contributed by atoms with Gasteiger partial charge in [-0.3, -0.25) is 4.98 Å². The van der Waals surface area contributed by atoms with E-state index in [2.05, 4.69) is 20.9 Å². The second-order valence-corrected chi connectivity index (χ2v) is 11.5. The van der Waals surface area contributed by atoms with Crippen LogP contribution in [0.5, 0.6) is 17.2 Å². The summed E-state index contributed by atoms with van der Waals surface area (Å²) >= 11 is 3.48. The summed E-state index contributed by atoms with van der Waals surface area (Å²) in [5.74, 6) is 1.48. The number of halogens is 1. The Morgan fingerprint density at radius 1 is 0.897 bits per heavy atom. The predicted molar refractivity (Wildman–Crippen MR) is 149 cm³/mol. The maximum atomic E-state index is 12.3. The van der Waals surface area contributed by atoms with E-state index in [0.29, 0.717) is 36.0 Å². The van der Waals surface area contributed by atoms with Crippen molar-refractivity contribution in [2.24, 2.45) is 0 Å². The van der Waals surface area contributed by atoms with Gasteiger partial charge in [0.05, 0.1) is 24.8 Å². The van der Waals surface area contributed by atoms with E-state index in [-0.39, 0.29) is 12.6 Å². The molecule has 3 aliphatic rings. The number of ether oxygens (including phenoxy) is 5. The molecule has 0 spiro atoms. The molecule has 7 nitrogen and oxygen atoms in total. The molecule has 8 heteroatoms. The van der Waals surface area contributed by atoms with E-state index in [9.17, 15) is 5.11 Å². The van der Waals surface area contributed by atoms with E-state index in [1.165, 1.54) is 0 Å². The van der Waals surface area contributed by atoms with Gasteiger partial charge in [-0.2, -0.15) is 0 Å². The summed E-state index contributed by atoms with van der Waals surface area (Å²) in [7, 11) is 0. The number of pyridine rings is 1. The highest BCUT2D eigenvalue weighted by molar-refractivity contribution is 9.10. The highest BCUT2D eigenvalue weighted by atomic mass is 79.9.